The van der Waals surface area contributed by atoms with Crippen molar-refractivity contribution in [2.24, 2.45) is 0 Å². The van der Waals surface area contributed by atoms with Gasteiger partial charge in [0, 0.05) is 58.1 Å². The third-order valence-corrected chi connectivity index (χ3v) is 4.97. The number of nitrogens with one attached hydrogen (secondary N) is 1. The van der Waals surface area contributed by atoms with Crippen LogP contribution in [0.1, 0.15) is 37.3 Å². The lowest BCUT2D eigenvalue weighted by molar-refractivity contribution is -0.132. The van der Waals surface area contributed by atoms with Gasteiger partial charge < -0.3 is 10.2 Å². The summed E-state index contributed by atoms with van der Waals surface area (Å²) in [5.74, 6) is 1.33. The molecule has 1 amide bonds. The molecule has 0 bridgehead atoms. The molecule has 27 heavy (non-hydrogen) atoms. The normalized spacial score (nSPS) is 15.1. The quantitative estimate of drug-likeness (QED) is 0.815. The molecule has 0 atom stereocenters. The Hall–Kier alpha value is -2.47. The summed E-state index contributed by atoms with van der Waals surface area (Å²) >= 11 is 0. The maximum absolute atomic E-state index is 12.4. The van der Waals surface area contributed by atoms with Crippen molar-refractivity contribution in [2.45, 2.75) is 32.7 Å². The summed E-state index contributed by atoms with van der Waals surface area (Å²) in [5.41, 5.74) is 2.72. The minimum Gasteiger partial charge on any atom is -0.354 e. The van der Waals surface area contributed by atoms with Gasteiger partial charge in [-0.15, -0.1) is 0 Å². The molecule has 1 aliphatic heterocycles. The summed E-state index contributed by atoms with van der Waals surface area (Å²) in [6, 6.07) is 10.7. The van der Waals surface area contributed by atoms with Gasteiger partial charge in [-0.25, -0.2) is 9.97 Å². The summed E-state index contributed by atoms with van der Waals surface area (Å²) in [6.07, 6.45) is 3.84. The van der Waals surface area contributed by atoms with Crippen LogP contribution in [0.5, 0.6) is 0 Å². The van der Waals surface area contributed by atoms with Crippen LogP contribution in [0, 0.1) is 0 Å². The van der Waals surface area contributed by atoms with Crippen molar-refractivity contribution >= 4 is 11.9 Å². The monoisotopic (exact) mass is 367 g/mol. The number of hydrogen-bond acceptors (Lipinski definition) is 5. The Morgan fingerprint density at radius 2 is 1.74 bits per heavy atom. The standard InChI is InChI=1S/C21H29N5O/c1-17(2)19-6-4-18(5-7-19)16-25-12-14-26(15-13-25)20(27)8-11-24-21-22-9-3-10-23-21/h3-7,9-10,17H,8,11-16H2,1-2H3,(H,22,23,24). The molecule has 6 heteroatoms. The lowest BCUT2D eigenvalue weighted by atomic mass is 10.0. The number of nitrogens with zero attached hydrogens (tertiary/aromatic N) is 4. The van der Waals surface area contributed by atoms with Gasteiger partial charge in [-0.3, -0.25) is 9.69 Å². The molecule has 1 fully saturated rings. The van der Waals surface area contributed by atoms with Gasteiger partial charge in [0.1, 0.15) is 0 Å². The molecule has 3 rings (SSSR count). The highest BCUT2D eigenvalue weighted by atomic mass is 16.2. The Balaban J connectivity index is 1.38. The van der Waals surface area contributed by atoms with E-state index in [1.54, 1.807) is 18.5 Å². The number of carbonyl (C=O) groups is 1. The number of aromatic nitrogens is 2. The van der Waals surface area contributed by atoms with Gasteiger partial charge in [0.2, 0.25) is 11.9 Å². The summed E-state index contributed by atoms with van der Waals surface area (Å²) in [5, 5.41) is 3.09. The van der Waals surface area contributed by atoms with Crippen LogP contribution < -0.4 is 5.32 Å². The van der Waals surface area contributed by atoms with Crippen LogP contribution in [-0.4, -0.2) is 58.4 Å². The Kier molecular flexibility index (Phi) is 6.76. The fourth-order valence-electron chi connectivity index (χ4n) is 3.25. The first-order valence-corrected chi connectivity index (χ1v) is 9.71. The highest BCUT2D eigenvalue weighted by Crippen LogP contribution is 2.16. The van der Waals surface area contributed by atoms with Crippen LogP contribution in [0.4, 0.5) is 5.95 Å². The van der Waals surface area contributed by atoms with Crippen LogP contribution in [0.15, 0.2) is 42.7 Å². The molecular weight excluding hydrogens is 338 g/mol. The zero-order valence-electron chi connectivity index (χ0n) is 16.3. The second-order valence-electron chi connectivity index (χ2n) is 7.30. The second-order valence-corrected chi connectivity index (χ2v) is 7.30. The Bertz CT molecular complexity index is 709. The first-order chi connectivity index (χ1) is 13.1. The minimum absolute atomic E-state index is 0.194. The summed E-state index contributed by atoms with van der Waals surface area (Å²) in [7, 11) is 0. The zero-order chi connectivity index (χ0) is 19.1. The fraction of sp³-hybridized carbons (Fsp3) is 0.476. The molecule has 2 heterocycles. The molecule has 6 nitrogen and oxygen atoms in total. The van der Waals surface area contributed by atoms with Crippen LogP contribution in [0.3, 0.4) is 0 Å². The lowest BCUT2D eigenvalue weighted by Crippen LogP contribution is -2.48. The number of amides is 1. The molecule has 144 valence electrons. The molecule has 1 aromatic heterocycles. The molecule has 1 N–H and O–H groups in total. The highest BCUT2D eigenvalue weighted by molar-refractivity contribution is 5.76. The van der Waals surface area contributed by atoms with Crippen molar-refractivity contribution in [3.63, 3.8) is 0 Å². The fourth-order valence-corrected chi connectivity index (χ4v) is 3.25. The maximum atomic E-state index is 12.4. The predicted molar refractivity (Wildman–Crippen MR) is 108 cm³/mol. The minimum atomic E-state index is 0.194. The molecule has 0 radical (unpaired) electrons. The first kappa shape index (κ1) is 19.3. The van der Waals surface area contributed by atoms with E-state index < -0.39 is 0 Å². The molecule has 2 aromatic rings. The van der Waals surface area contributed by atoms with E-state index >= 15 is 0 Å². The summed E-state index contributed by atoms with van der Waals surface area (Å²) in [4.78, 5) is 25.0. The molecule has 0 unspecified atom stereocenters. The Morgan fingerprint density at radius 3 is 2.37 bits per heavy atom. The van der Waals surface area contributed by atoms with Crippen molar-refractivity contribution in [1.82, 2.24) is 19.8 Å². The topological polar surface area (TPSA) is 61.4 Å². The average Bonchev–Trinajstić information content (AvgIpc) is 2.70. The van der Waals surface area contributed by atoms with E-state index in [9.17, 15) is 4.79 Å². The summed E-state index contributed by atoms with van der Waals surface area (Å²) < 4.78 is 0. The smallest absolute Gasteiger partial charge is 0.224 e. The third-order valence-electron chi connectivity index (χ3n) is 4.97. The van der Waals surface area contributed by atoms with Crippen molar-refractivity contribution < 1.29 is 4.79 Å². The second kappa shape index (κ2) is 9.46. The molecule has 1 aliphatic rings. The predicted octanol–water partition coefficient (Wildman–Crippen LogP) is 2.75. The zero-order valence-corrected chi connectivity index (χ0v) is 16.3. The van der Waals surface area contributed by atoms with E-state index in [1.807, 2.05) is 4.90 Å². The van der Waals surface area contributed by atoms with Gasteiger partial charge in [0.05, 0.1) is 0 Å². The van der Waals surface area contributed by atoms with E-state index in [-0.39, 0.29) is 5.91 Å². The van der Waals surface area contributed by atoms with E-state index in [1.165, 1.54) is 11.1 Å². The van der Waals surface area contributed by atoms with E-state index in [0.717, 1.165) is 32.7 Å². The maximum Gasteiger partial charge on any atom is 0.224 e. The van der Waals surface area contributed by atoms with Gasteiger partial charge in [0.25, 0.3) is 0 Å². The molecular formula is C21H29N5O. The Labute approximate surface area is 161 Å². The van der Waals surface area contributed by atoms with Gasteiger partial charge in [-0.1, -0.05) is 38.1 Å². The van der Waals surface area contributed by atoms with Crippen LogP contribution in [0.25, 0.3) is 0 Å². The van der Waals surface area contributed by atoms with Crippen molar-refractivity contribution in [3.8, 4) is 0 Å². The van der Waals surface area contributed by atoms with E-state index in [4.69, 9.17) is 0 Å². The molecule has 0 aliphatic carbocycles. The number of rotatable bonds is 7. The Morgan fingerprint density at radius 1 is 1.07 bits per heavy atom. The molecule has 0 spiro atoms. The van der Waals surface area contributed by atoms with Crippen LogP contribution in [-0.2, 0) is 11.3 Å². The van der Waals surface area contributed by atoms with Gasteiger partial charge in [-0.2, -0.15) is 0 Å². The van der Waals surface area contributed by atoms with Crippen molar-refractivity contribution in [1.29, 1.82) is 0 Å². The van der Waals surface area contributed by atoms with Crippen molar-refractivity contribution in [3.05, 3.63) is 53.9 Å². The summed E-state index contributed by atoms with van der Waals surface area (Å²) in [6.45, 7) is 9.38. The largest absolute Gasteiger partial charge is 0.354 e. The van der Waals surface area contributed by atoms with Gasteiger partial charge >= 0.3 is 0 Å². The van der Waals surface area contributed by atoms with Crippen LogP contribution >= 0.6 is 0 Å². The molecule has 0 saturated carbocycles. The number of piperazine rings is 1. The van der Waals surface area contributed by atoms with Gasteiger partial charge in [0.15, 0.2) is 0 Å². The van der Waals surface area contributed by atoms with E-state index in [2.05, 4.69) is 58.3 Å². The number of carbonyl (C=O) groups excluding carboxylic acids is 1. The first-order valence-electron chi connectivity index (χ1n) is 9.71. The number of benzene rings is 1. The van der Waals surface area contributed by atoms with Gasteiger partial charge in [-0.05, 0) is 23.1 Å². The number of anilines is 1. The molecule has 1 aromatic carbocycles. The lowest BCUT2D eigenvalue weighted by Gasteiger charge is -2.35. The SMILES string of the molecule is CC(C)c1ccc(CN2CCN(C(=O)CCNc3ncccn3)CC2)cc1. The molecule has 1 saturated heterocycles. The highest BCUT2D eigenvalue weighted by Gasteiger charge is 2.20. The average molecular weight is 367 g/mol. The van der Waals surface area contributed by atoms with Crippen LogP contribution in [0.2, 0.25) is 0 Å². The van der Waals surface area contributed by atoms with E-state index in [0.29, 0.717) is 24.8 Å². The third kappa shape index (κ3) is 5.76. The number of hydrogen-bond donors (Lipinski definition) is 1. The van der Waals surface area contributed by atoms with Crippen molar-refractivity contribution in [2.75, 3.05) is 38.0 Å².